The normalized spacial score (nSPS) is 11.0. The molecule has 0 spiro atoms. The Bertz CT molecular complexity index is 542. The quantitative estimate of drug-likeness (QED) is 0.558. The molecule has 160 valence electrons. The molecule has 0 heterocycles. The molecule has 0 aliphatic heterocycles. The van der Waals surface area contributed by atoms with Gasteiger partial charge in [-0.15, -0.1) is 0 Å². The SMILES string of the molecule is CC.CCC[C@H](NC(=O)Oc1ccc(N(CCOC)CCOC)cc1)C(=O)O. The lowest BCUT2D eigenvalue weighted by atomic mass is 10.2. The molecule has 0 aliphatic rings. The standard InChI is InChI=1S/C18H28N2O6.C2H6/c1-4-5-16(17(21)22)19-18(23)26-15-8-6-14(7-9-15)20(10-12-24-2)11-13-25-3;1-2/h6-9,16H,4-5,10-13H2,1-3H3,(H,19,23)(H,21,22);1-2H3/t16-;/m0./s1. The summed E-state index contributed by atoms with van der Waals surface area (Å²) in [5.41, 5.74) is 0.946. The molecule has 0 aliphatic carbocycles. The molecule has 0 bridgehead atoms. The third kappa shape index (κ3) is 10.1. The fourth-order valence-electron chi connectivity index (χ4n) is 2.32. The van der Waals surface area contributed by atoms with Gasteiger partial charge >= 0.3 is 12.1 Å². The van der Waals surface area contributed by atoms with Crippen LogP contribution in [-0.2, 0) is 14.3 Å². The summed E-state index contributed by atoms with van der Waals surface area (Å²) in [7, 11) is 3.29. The van der Waals surface area contributed by atoms with E-state index in [1.54, 1.807) is 26.4 Å². The van der Waals surface area contributed by atoms with Crippen LogP contribution in [0.5, 0.6) is 5.75 Å². The summed E-state index contributed by atoms with van der Waals surface area (Å²) in [6, 6.07) is 6.03. The van der Waals surface area contributed by atoms with E-state index >= 15 is 0 Å². The molecular formula is C20H34N2O6. The third-order valence-electron chi connectivity index (χ3n) is 3.71. The van der Waals surface area contributed by atoms with Crippen LogP contribution in [0.2, 0.25) is 0 Å². The van der Waals surface area contributed by atoms with Crippen molar-refractivity contribution in [2.45, 2.75) is 39.7 Å². The number of nitrogens with one attached hydrogen (secondary N) is 1. The number of benzene rings is 1. The summed E-state index contributed by atoms with van der Waals surface area (Å²) in [4.78, 5) is 25.0. The van der Waals surface area contributed by atoms with Crippen LogP contribution >= 0.6 is 0 Å². The Morgan fingerprint density at radius 3 is 2.04 bits per heavy atom. The molecule has 0 unspecified atom stereocenters. The number of ether oxygens (including phenoxy) is 3. The molecule has 8 heteroatoms. The first kappa shape index (κ1) is 25.7. The highest BCUT2D eigenvalue weighted by Crippen LogP contribution is 2.19. The molecule has 0 fully saturated rings. The zero-order valence-electron chi connectivity index (χ0n) is 17.6. The topological polar surface area (TPSA) is 97.3 Å². The number of anilines is 1. The number of carbonyl (C=O) groups is 2. The second-order valence-electron chi connectivity index (χ2n) is 5.68. The van der Waals surface area contributed by atoms with E-state index in [0.29, 0.717) is 44.9 Å². The van der Waals surface area contributed by atoms with Gasteiger partial charge in [-0.05, 0) is 30.7 Å². The highest BCUT2D eigenvalue weighted by Gasteiger charge is 2.19. The van der Waals surface area contributed by atoms with Crippen LogP contribution in [0.4, 0.5) is 10.5 Å². The van der Waals surface area contributed by atoms with Crippen molar-refractivity contribution < 1.29 is 28.9 Å². The van der Waals surface area contributed by atoms with Crippen LogP contribution in [0.1, 0.15) is 33.6 Å². The molecule has 28 heavy (non-hydrogen) atoms. The molecule has 1 atom stereocenters. The number of rotatable bonds is 12. The molecular weight excluding hydrogens is 364 g/mol. The van der Waals surface area contributed by atoms with Gasteiger partial charge < -0.3 is 29.5 Å². The van der Waals surface area contributed by atoms with E-state index in [0.717, 1.165) is 5.69 Å². The predicted octanol–water partition coefficient (Wildman–Crippen LogP) is 3.15. The van der Waals surface area contributed by atoms with Crippen molar-refractivity contribution in [3.63, 3.8) is 0 Å². The Balaban J connectivity index is 0.00000352. The summed E-state index contributed by atoms with van der Waals surface area (Å²) in [6.45, 7) is 8.42. The van der Waals surface area contributed by atoms with E-state index < -0.39 is 18.1 Å². The summed E-state index contributed by atoms with van der Waals surface area (Å²) in [5, 5.41) is 11.4. The van der Waals surface area contributed by atoms with Gasteiger partial charge in [0.15, 0.2) is 0 Å². The molecule has 1 aromatic rings. The first-order valence-corrected chi connectivity index (χ1v) is 9.55. The molecule has 0 radical (unpaired) electrons. The number of hydrogen-bond donors (Lipinski definition) is 2. The summed E-state index contributed by atoms with van der Waals surface area (Å²) in [6.07, 6.45) is 0.205. The number of carbonyl (C=O) groups excluding carboxylic acids is 1. The zero-order valence-corrected chi connectivity index (χ0v) is 17.6. The minimum absolute atomic E-state index is 0.338. The number of aliphatic carboxylic acids is 1. The minimum Gasteiger partial charge on any atom is -0.480 e. The number of hydrogen-bond acceptors (Lipinski definition) is 6. The van der Waals surface area contributed by atoms with Gasteiger partial charge in [0.2, 0.25) is 0 Å². The lowest BCUT2D eigenvalue weighted by molar-refractivity contribution is -0.139. The molecule has 0 aromatic heterocycles. The van der Waals surface area contributed by atoms with Gasteiger partial charge in [0.25, 0.3) is 0 Å². The second-order valence-corrected chi connectivity index (χ2v) is 5.68. The molecule has 0 saturated carbocycles. The van der Waals surface area contributed by atoms with Crippen molar-refractivity contribution >= 4 is 17.7 Å². The van der Waals surface area contributed by atoms with Crippen molar-refractivity contribution in [3.8, 4) is 5.75 Å². The molecule has 0 saturated heterocycles. The molecule has 1 rings (SSSR count). The predicted molar refractivity (Wildman–Crippen MR) is 109 cm³/mol. The highest BCUT2D eigenvalue weighted by atomic mass is 16.6. The zero-order chi connectivity index (χ0) is 21.4. The maximum Gasteiger partial charge on any atom is 0.413 e. The number of carboxylic acid groups (broad SMARTS) is 1. The van der Waals surface area contributed by atoms with Crippen molar-refractivity contribution in [2.24, 2.45) is 0 Å². The van der Waals surface area contributed by atoms with Crippen LogP contribution in [0.25, 0.3) is 0 Å². The maximum absolute atomic E-state index is 11.9. The summed E-state index contributed by atoms with van der Waals surface area (Å²) >= 11 is 0. The largest absolute Gasteiger partial charge is 0.480 e. The highest BCUT2D eigenvalue weighted by molar-refractivity contribution is 5.80. The molecule has 1 aromatic carbocycles. The Morgan fingerprint density at radius 1 is 1.07 bits per heavy atom. The first-order valence-electron chi connectivity index (χ1n) is 9.55. The van der Waals surface area contributed by atoms with E-state index in [9.17, 15) is 9.59 Å². The van der Waals surface area contributed by atoms with E-state index in [1.807, 2.05) is 32.9 Å². The van der Waals surface area contributed by atoms with E-state index in [-0.39, 0.29) is 0 Å². The summed E-state index contributed by atoms with van der Waals surface area (Å²) in [5.74, 6) is -0.739. The number of methoxy groups -OCH3 is 2. The van der Waals surface area contributed by atoms with Gasteiger partial charge in [-0.2, -0.15) is 0 Å². The Kier molecular flexibility index (Phi) is 14.4. The van der Waals surface area contributed by atoms with Crippen LogP contribution < -0.4 is 15.0 Å². The van der Waals surface area contributed by atoms with Gasteiger partial charge in [0, 0.05) is 33.0 Å². The van der Waals surface area contributed by atoms with E-state index in [4.69, 9.17) is 19.3 Å². The second kappa shape index (κ2) is 15.7. The molecule has 8 nitrogen and oxygen atoms in total. The van der Waals surface area contributed by atoms with Crippen molar-refractivity contribution in [1.29, 1.82) is 0 Å². The smallest absolute Gasteiger partial charge is 0.413 e. The Hall–Kier alpha value is -2.32. The van der Waals surface area contributed by atoms with Crippen LogP contribution in [0.15, 0.2) is 24.3 Å². The summed E-state index contributed by atoms with van der Waals surface area (Å²) < 4.78 is 15.4. The van der Waals surface area contributed by atoms with Gasteiger partial charge in [0.1, 0.15) is 11.8 Å². The fraction of sp³-hybridized carbons (Fsp3) is 0.600. The number of carboxylic acids is 1. The lowest BCUT2D eigenvalue weighted by Gasteiger charge is -2.24. The van der Waals surface area contributed by atoms with Gasteiger partial charge in [-0.1, -0.05) is 27.2 Å². The van der Waals surface area contributed by atoms with E-state index in [1.165, 1.54) is 0 Å². The van der Waals surface area contributed by atoms with Gasteiger partial charge in [-0.25, -0.2) is 9.59 Å². The lowest BCUT2D eigenvalue weighted by Crippen LogP contribution is -2.42. The first-order chi connectivity index (χ1) is 13.5. The van der Waals surface area contributed by atoms with E-state index in [2.05, 4.69) is 10.2 Å². The Labute approximate surface area is 167 Å². The molecule has 2 N–H and O–H groups in total. The van der Waals surface area contributed by atoms with Gasteiger partial charge in [0.05, 0.1) is 13.2 Å². The monoisotopic (exact) mass is 398 g/mol. The maximum atomic E-state index is 11.9. The minimum atomic E-state index is -1.08. The van der Waals surface area contributed by atoms with Crippen molar-refractivity contribution in [2.75, 3.05) is 45.4 Å². The van der Waals surface area contributed by atoms with Crippen LogP contribution in [-0.4, -0.2) is 63.7 Å². The van der Waals surface area contributed by atoms with Gasteiger partial charge in [-0.3, -0.25) is 0 Å². The average Bonchev–Trinajstić information content (AvgIpc) is 2.70. The third-order valence-corrected chi connectivity index (χ3v) is 3.71. The van der Waals surface area contributed by atoms with Crippen molar-refractivity contribution in [3.05, 3.63) is 24.3 Å². The number of amides is 1. The molecule has 1 amide bonds. The van der Waals surface area contributed by atoms with Crippen molar-refractivity contribution in [1.82, 2.24) is 5.32 Å². The fourth-order valence-corrected chi connectivity index (χ4v) is 2.32. The average molecular weight is 399 g/mol. The van der Waals surface area contributed by atoms with Crippen LogP contribution in [0.3, 0.4) is 0 Å². The Morgan fingerprint density at radius 2 is 1.61 bits per heavy atom. The number of nitrogens with zero attached hydrogens (tertiary/aromatic N) is 1. The van der Waals surface area contributed by atoms with Crippen LogP contribution in [0, 0.1) is 0 Å².